The topological polar surface area (TPSA) is 29.5 Å². The summed E-state index contributed by atoms with van der Waals surface area (Å²) in [5.74, 6) is 0.231. The molecule has 1 fully saturated rings. The van der Waals surface area contributed by atoms with E-state index in [0.29, 0.717) is 0 Å². The number of ether oxygens (including phenoxy) is 1. The fourth-order valence-corrected chi connectivity index (χ4v) is 3.26. The van der Waals surface area contributed by atoms with E-state index in [1.807, 2.05) is 0 Å². The van der Waals surface area contributed by atoms with E-state index in [1.54, 1.807) is 0 Å². The van der Waals surface area contributed by atoms with Gasteiger partial charge in [-0.2, -0.15) is 0 Å². The van der Waals surface area contributed by atoms with Gasteiger partial charge in [0, 0.05) is 17.0 Å². The molecule has 0 aromatic heterocycles. The molecule has 100 valence electrons. The molecule has 0 aliphatic carbocycles. The van der Waals surface area contributed by atoms with Crippen LogP contribution in [0.25, 0.3) is 0 Å². The summed E-state index contributed by atoms with van der Waals surface area (Å²) >= 11 is 3.53. The van der Waals surface area contributed by atoms with E-state index in [-0.39, 0.29) is 12.0 Å². The first kappa shape index (κ1) is 14.0. The van der Waals surface area contributed by atoms with Gasteiger partial charge < -0.3 is 9.84 Å². The Morgan fingerprint density at radius 3 is 2.78 bits per heavy atom. The van der Waals surface area contributed by atoms with Crippen LogP contribution in [0.4, 0.5) is 0 Å². The lowest BCUT2D eigenvalue weighted by Crippen LogP contribution is -2.22. The van der Waals surface area contributed by atoms with E-state index >= 15 is 0 Å². The standard InChI is InChI=1S/C15H21BrO2/c1-4-14-11(5-6-18-14)15(17)12-7-10(3)13(16)8-9(12)2/h7-8,11,14-15,17H,4-6H2,1-3H3. The van der Waals surface area contributed by atoms with Crippen molar-refractivity contribution >= 4 is 15.9 Å². The Morgan fingerprint density at radius 1 is 1.39 bits per heavy atom. The fourth-order valence-electron chi connectivity index (χ4n) is 2.80. The van der Waals surface area contributed by atoms with Gasteiger partial charge >= 0.3 is 0 Å². The number of aliphatic hydroxyl groups is 1. The highest BCUT2D eigenvalue weighted by atomic mass is 79.9. The maximum Gasteiger partial charge on any atom is 0.0846 e. The maximum absolute atomic E-state index is 10.6. The number of aryl methyl sites for hydroxylation is 2. The third-order valence-corrected chi connectivity index (χ3v) is 4.79. The van der Waals surface area contributed by atoms with E-state index in [1.165, 1.54) is 5.56 Å². The highest BCUT2D eigenvalue weighted by Crippen LogP contribution is 2.37. The van der Waals surface area contributed by atoms with E-state index in [9.17, 15) is 5.11 Å². The van der Waals surface area contributed by atoms with Crippen molar-refractivity contribution in [1.82, 2.24) is 0 Å². The quantitative estimate of drug-likeness (QED) is 0.916. The molecule has 3 unspecified atom stereocenters. The van der Waals surface area contributed by atoms with Crippen molar-refractivity contribution in [1.29, 1.82) is 0 Å². The van der Waals surface area contributed by atoms with E-state index in [4.69, 9.17) is 4.74 Å². The second-order valence-electron chi connectivity index (χ2n) is 5.17. The van der Waals surface area contributed by atoms with E-state index in [0.717, 1.165) is 35.0 Å². The van der Waals surface area contributed by atoms with Gasteiger partial charge in [0.05, 0.1) is 12.2 Å². The molecule has 1 aromatic rings. The number of hydrogen-bond acceptors (Lipinski definition) is 2. The Hall–Kier alpha value is -0.380. The molecule has 1 aromatic carbocycles. The predicted octanol–water partition coefficient (Wildman–Crippen LogP) is 3.91. The van der Waals surface area contributed by atoms with Crippen molar-refractivity contribution in [2.75, 3.05) is 6.61 Å². The predicted molar refractivity (Wildman–Crippen MR) is 76.7 cm³/mol. The summed E-state index contributed by atoms with van der Waals surface area (Å²) in [6, 6.07) is 4.18. The van der Waals surface area contributed by atoms with Crippen LogP contribution < -0.4 is 0 Å². The molecule has 1 heterocycles. The van der Waals surface area contributed by atoms with Gasteiger partial charge in [0.25, 0.3) is 0 Å². The second kappa shape index (κ2) is 5.72. The summed E-state index contributed by atoms with van der Waals surface area (Å²) in [5, 5.41) is 10.6. The summed E-state index contributed by atoms with van der Waals surface area (Å²) in [7, 11) is 0. The van der Waals surface area contributed by atoms with Crippen LogP contribution in [0.1, 0.15) is 42.6 Å². The van der Waals surface area contributed by atoms with Crippen molar-refractivity contribution in [3.05, 3.63) is 33.3 Å². The van der Waals surface area contributed by atoms with Gasteiger partial charge in [-0.3, -0.25) is 0 Å². The Balaban J connectivity index is 2.28. The number of halogens is 1. The van der Waals surface area contributed by atoms with Crippen LogP contribution >= 0.6 is 15.9 Å². The lowest BCUT2D eigenvalue weighted by atomic mass is 9.86. The molecule has 0 spiro atoms. The van der Waals surface area contributed by atoms with Crippen LogP contribution in [0.2, 0.25) is 0 Å². The van der Waals surface area contributed by atoms with Gasteiger partial charge in [-0.05, 0) is 49.4 Å². The summed E-state index contributed by atoms with van der Waals surface area (Å²) in [6.07, 6.45) is 1.71. The molecule has 0 saturated carbocycles. The van der Waals surface area contributed by atoms with Crippen molar-refractivity contribution in [2.24, 2.45) is 5.92 Å². The highest BCUT2D eigenvalue weighted by molar-refractivity contribution is 9.10. The molecule has 1 aliphatic heterocycles. The maximum atomic E-state index is 10.6. The zero-order valence-electron chi connectivity index (χ0n) is 11.2. The highest BCUT2D eigenvalue weighted by Gasteiger charge is 2.34. The molecule has 2 nitrogen and oxygen atoms in total. The number of aliphatic hydroxyl groups excluding tert-OH is 1. The van der Waals surface area contributed by atoms with Crippen LogP contribution in [0, 0.1) is 19.8 Å². The normalized spacial score (nSPS) is 25.4. The molecule has 0 amide bonds. The van der Waals surface area contributed by atoms with Gasteiger partial charge in [-0.25, -0.2) is 0 Å². The Labute approximate surface area is 117 Å². The number of rotatable bonds is 3. The van der Waals surface area contributed by atoms with Gasteiger partial charge in [0.2, 0.25) is 0 Å². The van der Waals surface area contributed by atoms with Crippen LogP contribution in [-0.4, -0.2) is 17.8 Å². The minimum Gasteiger partial charge on any atom is -0.388 e. The molecule has 0 bridgehead atoms. The monoisotopic (exact) mass is 312 g/mol. The van der Waals surface area contributed by atoms with Gasteiger partial charge in [-0.15, -0.1) is 0 Å². The number of hydrogen-bond donors (Lipinski definition) is 1. The minimum atomic E-state index is -0.413. The summed E-state index contributed by atoms with van der Waals surface area (Å²) in [4.78, 5) is 0. The van der Waals surface area contributed by atoms with Crippen LogP contribution in [0.3, 0.4) is 0 Å². The zero-order valence-corrected chi connectivity index (χ0v) is 12.8. The van der Waals surface area contributed by atoms with Gasteiger partial charge in [-0.1, -0.05) is 28.9 Å². The van der Waals surface area contributed by atoms with Crippen molar-refractivity contribution < 1.29 is 9.84 Å². The Bertz CT molecular complexity index is 431. The Kier molecular flexibility index (Phi) is 4.46. The molecule has 3 heteroatoms. The Morgan fingerprint density at radius 2 is 2.11 bits per heavy atom. The fraction of sp³-hybridized carbons (Fsp3) is 0.600. The minimum absolute atomic E-state index is 0.198. The molecular formula is C15H21BrO2. The number of benzene rings is 1. The second-order valence-corrected chi connectivity index (χ2v) is 6.03. The smallest absolute Gasteiger partial charge is 0.0846 e. The molecule has 2 rings (SSSR count). The first-order valence-corrected chi connectivity index (χ1v) is 7.40. The van der Waals surface area contributed by atoms with E-state index < -0.39 is 6.10 Å². The SMILES string of the molecule is CCC1OCCC1C(O)c1cc(C)c(Br)cc1C. The zero-order chi connectivity index (χ0) is 13.3. The van der Waals surface area contributed by atoms with Crippen LogP contribution in [0.5, 0.6) is 0 Å². The van der Waals surface area contributed by atoms with Crippen LogP contribution in [-0.2, 0) is 4.74 Å². The molecule has 1 aliphatic rings. The summed E-state index contributed by atoms with van der Waals surface area (Å²) in [5.41, 5.74) is 3.35. The largest absolute Gasteiger partial charge is 0.388 e. The molecule has 3 atom stereocenters. The van der Waals surface area contributed by atoms with Crippen molar-refractivity contribution in [3.63, 3.8) is 0 Å². The van der Waals surface area contributed by atoms with Gasteiger partial charge in [0.1, 0.15) is 0 Å². The molecule has 1 saturated heterocycles. The first-order valence-electron chi connectivity index (χ1n) is 6.61. The van der Waals surface area contributed by atoms with Crippen molar-refractivity contribution in [2.45, 2.75) is 45.8 Å². The summed E-state index contributed by atoms with van der Waals surface area (Å²) in [6.45, 7) is 7.01. The van der Waals surface area contributed by atoms with Crippen LogP contribution in [0.15, 0.2) is 16.6 Å². The summed E-state index contributed by atoms with van der Waals surface area (Å²) < 4.78 is 6.78. The average Bonchev–Trinajstić information content (AvgIpc) is 2.81. The van der Waals surface area contributed by atoms with Gasteiger partial charge in [0.15, 0.2) is 0 Å². The lowest BCUT2D eigenvalue weighted by molar-refractivity contribution is 0.0305. The van der Waals surface area contributed by atoms with E-state index in [2.05, 4.69) is 48.8 Å². The van der Waals surface area contributed by atoms with Crippen molar-refractivity contribution in [3.8, 4) is 0 Å². The third kappa shape index (κ3) is 2.63. The average molecular weight is 313 g/mol. The molecule has 0 radical (unpaired) electrons. The molecular weight excluding hydrogens is 292 g/mol. The molecule has 18 heavy (non-hydrogen) atoms. The first-order chi connectivity index (χ1) is 8.54. The lowest BCUT2D eigenvalue weighted by Gasteiger charge is -2.25. The molecule has 1 N–H and O–H groups in total. The third-order valence-electron chi connectivity index (χ3n) is 3.93.